The molecule has 672 valence electrons. The summed E-state index contributed by atoms with van der Waals surface area (Å²) in [5.41, 5.74) is 17.5. The molecule has 12 N–H and O–H groups in total. The van der Waals surface area contributed by atoms with Crippen LogP contribution in [0.15, 0.2) is 84.4 Å². The Morgan fingerprint density at radius 1 is 0.762 bits per heavy atom. The van der Waals surface area contributed by atoms with Crippen LogP contribution >= 0.6 is 0 Å². The topological polar surface area (TPSA) is 491 Å². The van der Waals surface area contributed by atoms with Crippen LogP contribution in [0, 0.1) is 29.6 Å². The van der Waals surface area contributed by atoms with E-state index in [0.717, 1.165) is 27.1 Å². The van der Waals surface area contributed by atoms with Gasteiger partial charge in [-0.1, -0.05) is 69.4 Å². The first-order valence-corrected chi connectivity index (χ1v) is 42.6. The molecule has 2 saturated heterocycles. The number of alkyl carbamates (subject to hydrolysis) is 1. The molecule has 7 heterocycles. The molecule has 0 unspecified atom stereocenters. The summed E-state index contributed by atoms with van der Waals surface area (Å²) in [5.74, 6) is -9.11. The third kappa shape index (κ3) is 28.4. The highest BCUT2D eigenvalue weighted by molar-refractivity contribution is 6.39. The molecule has 1 saturated carbocycles. The lowest BCUT2D eigenvalue weighted by molar-refractivity contribution is -0.265. The van der Waals surface area contributed by atoms with Gasteiger partial charge in [0.15, 0.2) is 11.4 Å². The molecule has 1 aromatic carbocycles. The number of nitrogen functional groups attached to an aromatic ring is 1. The minimum Gasteiger partial charge on any atom is -0.508 e. The van der Waals surface area contributed by atoms with Crippen molar-refractivity contribution in [2.45, 2.75) is 218 Å². The van der Waals surface area contributed by atoms with Crippen LogP contribution in [0.3, 0.4) is 0 Å². The van der Waals surface area contributed by atoms with E-state index in [9.17, 15) is 58.8 Å². The molecule has 4 amide bonds. The highest BCUT2D eigenvalue weighted by atomic mass is 16.6. The van der Waals surface area contributed by atoms with E-state index in [1.54, 1.807) is 68.8 Å². The largest absolute Gasteiger partial charge is 0.508 e. The van der Waals surface area contributed by atoms with Crippen molar-refractivity contribution in [1.82, 2.24) is 60.6 Å². The Kier molecular flexibility index (Phi) is 38.5. The Morgan fingerprint density at radius 3 is 2.17 bits per heavy atom. The number of rotatable bonds is 35. The van der Waals surface area contributed by atoms with Gasteiger partial charge in [0.1, 0.15) is 66.0 Å². The number of ether oxygens (including phenoxy) is 10. The maximum atomic E-state index is 14.7. The highest BCUT2D eigenvalue weighted by Crippen LogP contribution is 2.40. The Balaban J connectivity index is 0.628. The Morgan fingerprint density at radius 2 is 1.46 bits per heavy atom. The van der Waals surface area contributed by atoms with E-state index in [2.05, 4.69) is 41.2 Å². The van der Waals surface area contributed by atoms with Crippen LogP contribution in [0.4, 0.5) is 10.6 Å². The predicted molar refractivity (Wildman–Crippen MR) is 448 cm³/mol. The van der Waals surface area contributed by atoms with E-state index in [0.29, 0.717) is 125 Å². The zero-order valence-corrected chi connectivity index (χ0v) is 71.5. The van der Waals surface area contributed by atoms with Crippen LogP contribution in [0.2, 0.25) is 0 Å². The number of unbranched alkanes of at least 4 members (excludes halogenated alkanes) is 1. The lowest BCUT2D eigenvalue weighted by atomic mass is 9.79. The number of hydrogen-bond acceptors (Lipinski definition) is 29. The number of aliphatic hydroxyl groups excluding tert-OH is 2. The van der Waals surface area contributed by atoms with Crippen LogP contribution in [-0.4, -0.2) is 273 Å². The summed E-state index contributed by atoms with van der Waals surface area (Å²) < 4.78 is 61.0. The SMILES string of the molecule is CO[C@H]1C[C@@H]2CC[C@@H](C)[C@@](O)(O2)C(=O)C(=O)N2CCCC[C@H]2C(=O)O[C@H]([C@H](N)C[C@@H]2CC[C@H](n3cc(COC(=O)NCCOCCOCCOCCC(=O)NCCOCCOCCC(=O)NCCCCn4nc(-c5cc6cc(O)ccc6[nH]5)c5c(N)ncnc54)nn3)[C@H](OC)C2)CC(=O)[C@H](C)/C=C(\C)[C@@H](O)[C@@H](O)C(=O)[C@H](C)C[C@H](C)/C=C/C=CC=C1C. The fourth-order valence-corrected chi connectivity index (χ4v) is 15.8. The lowest BCUT2D eigenvalue weighted by Gasteiger charge is -2.42. The number of nitrogens with two attached hydrogens (primary N) is 2. The molecular formula is C86H126N14O22. The van der Waals surface area contributed by atoms with Gasteiger partial charge in [0.25, 0.3) is 11.7 Å². The number of hydrogen-bond donors (Lipinski definition) is 10. The lowest BCUT2D eigenvalue weighted by Crippen LogP contribution is -2.61. The summed E-state index contributed by atoms with van der Waals surface area (Å²) in [6.45, 7) is 14.1. The van der Waals surface area contributed by atoms with Gasteiger partial charge in [0.2, 0.25) is 17.6 Å². The van der Waals surface area contributed by atoms with Crippen molar-refractivity contribution in [1.29, 1.82) is 0 Å². The third-order valence-corrected chi connectivity index (χ3v) is 22.9. The standard InChI is InChI=1S/C86H126N14O22/c1-53-16-10-9-11-17-54(2)70(113-7)48-63-22-19-58(6)86(112,122-63)80(108)83(109)98-30-14-12-18-68(98)84(110)121-71(49-69(102)55(3)43-57(5)78(106)79(107)77(105)56(4)42-53)64(87)44-59-20-24-67(72(45-59)114-8)100-50-61(95-97-100)51-120-85(111)91-29-35-118-39-41-119-40-37-116-33-26-74(104)90-28-34-117-38-36-115-32-25-73(103)89-27-13-15-31-99-82-75(81(88)92-52-93-82)76(96-99)66-47-60-46-62(101)21-23-65(60)94-66/h9-11,16-17,21,23,43,46-47,50,52-53,55-56,58-59,63-64,67-68,70-72,78-79,94,101,106-107,112H,12-15,18-20,22,24-42,44-45,48-49,51,87H2,1-8H3,(H,89,103)(H,90,104)(H,91,111)(H2,88,92,93)/b11-9?,16-10+,54-17?,57-43+/t53-,55-,56-,58-,59+,63+,64-,67+,68+,70+,71+,72-,78-,79+,86-/m1/s1. The van der Waals surface area contributed by atoms with Crippen molar-refractivity contribution in [3.05, 3.63) is 90.1 Å². The number of nitrogens with zero attached hydrogens (tertiary/aromatic N) is 8. The van der Waals surface area contributed by atoms with Crippen LogP contribution in [0.5, 0.6) is 5.75 Å². The molecule has 36 nitrogen and oxygen atoms in total. The number of aromatic amines is 1. The Hall–Kier alpha value is -9.31. The summed E-state index contributed by atoms with van der Waals surface area (Å²) in [4.78, 5) is 122. The number of H-pyrrole nitrogens is 1. The van der Waals surface area contributed by atoms with Crippen LogP contribution in [-0.2, 0) is 94.1 Å². The number of allylic oxidation sites excluding steroid dienone is 6. The maximum Gasteiger partial charge on any atom is 0.407 e. The molecule has 1 aliphatic carbocycles. The molecule has 4 aromatic heterocycles. The van der Waals surface area contributed by atoms with E-state index >= 15 is 0 Å². The summed E-state index contributed by atoms with van der Waals surface area (Å²) >= 11 is 0. The van der Waals surface area contributed by atoms with Gasteiger partial charge in [-0.2, -0.15) is 5.10 Å². The van der Waals surface area contributed by atoms with Crippen LogP contribution in [0.1, 0.15) is 156 Å². The number of cyclic esters (lactones) is 1. The second kappa shape index (κ2) is 48.7. The number of carbonyl (C=O) groups excluding carboxylic acids is 8. The van der Waals surface area contributed by atoms with Gasteiger partial charge < -0.3 is 105 Å². The quantitative estimate of drug-likeness (QED) is 0.00952. The number of amides is 4. The molecule has 5 aromatic rings. The molecule has 3 fully saturated rings. The number of phenols is 1. The smallest absolute Gasteiger partial charge is 0.407 e. The molecule has 3 aliphatic heterocycles. The summed E-state index contributed by atoms with van der Waals surface area (Å²) in [7, 11) is 3.12. The normalized spacial score (nSPS) is 26.3. The molecule has 2 bridgehead atoms. The monoisotopic (exact) mass is 1710 g/mol. The predicted octanol–water partition coefficient (Wildman–Crippen LogP) is 6.07. The number of aryl methyl sites for hydroxylation is 1. The second-order valence-electron chi connectivity index (χ2n) is 32.2. The van der Waals surface area contributed by atoms with Crippen molar-refractivity contribution in [3.8, 4) is 17.1 Å². The summed E-state index contributed by atoms with van der Waals surface area (Å²) in [5, 5.41) is 67.8. The van der Waals surface area contributed by atoms with E-state index in [-0.39, 0.29) is 146 Å². The van der Waals surface area contributed by atoms with Gasteiger partial charge in [0.05, 0.1) is 108 Å². The molecule has 9 rings (SSSR count). The molecular weight excluding hydrogens is 1580 g/mol. The first-order chi connectivity index (χ1) is 58.7. The number of nitrogens with one attached hydrogen (secondary N) is 4. The average molecular weight is 1710 g/mol. The van der Waals surface area contributed by atoms with Gasteiger partial charge in [0, 0.05) is 107 Å². The van der Waals surface area contributed by atoms with Crippen molar-refractivity contribution in [2.24, 2.45) is 35.3 Å². The number of fused-ring (bicyclic) bond motifs is 5. The summed E-state index contributed by atoms with van der Waals surface area (Å²) in [6, 6.07) is 4.44. The van der Waals surface area contributed by atoms with Gasteiger partial charge in [-0.25, -0.2) is 28.9 Å². The number of ketones is 3. The Labute approximate surface area is 711 Å². The van der Waals surface area contributed by atoms with Gasteiger partial charge in [-0.15, -0.1) is 5.10 Å². The first-order valence-electron chi connectivity index (χ1n) is 42.6. The Bertz CT molecular complexity index is 4370. The van der Waals surface area contributed by atoms with Crippen molar-refractivity contribution in [3.63, 3.8) is 0 Å². The maximum absolute atomic E-state index is 14.7. The highest BCUT2D eigenvalue weighted by Gasteiger charge is 2.53. The number of carbonyl (C=O) groups is 8. The number of phenolic OH excluding ortho intramolecular Hbond substituents is 1. The second-order valence-corrected chi connectivity index (χ2v) is 32.2. The number of methoxy groups -OCH3 is 2. The minimum atomic E-state index is -2.51. The first kappa shape index (κ1) is 96.5. The van der Waals surface area contributed by atoms with E-state index in [1.165, 1.54) is 19.3 Å². The number of esters is 1. The molecule has 122 heavy (non-hydrogen) atoms. The van der Waals surface area contributed by atoms with Gasteiger partial charge in [-0.05, 0) is 138 Å². The van der Waals surface area contributed by atoms with E-state index in [1.807, 2.05) is 50.3 Å². The van der Waals surface area contributed by atoms with E-state index in [4.69, 9.17) is 63.9 Å². The van der Waals surface area contributed by atoms with Gasteiger partial charge in [-0.3, -0.25) is 28.8 Å². The summed E-state index contributed by atoms with van der Waals surface area (Å²) in [6.07, 6.45) is 12.7. The fraction of sp³-hybridized carbons (Fsp3) is 0.640. The van der Waals surface area contributed by atoms with Crippen molar-refractivity contribution in [2.75, 3.05) is 112 Å². The van der Waals surface area contributed by atoms with E-state index < -0.39 is 114 Å². The third-order valence-electron chi connectivity index (χ3n) is 22.9. The zero-order chi connectivity index (χ0) is 87.8. The number of anilines is 1. The molecule has 4 aliphatic rings. The fourth-order valence-electron chi connectivity index (χ4n) is 15.8. The van der Waals surface area contributed by atoms with Crippen LogP contribution < -0.4 is 27.4 Å². The molecule has 36 heteroatoms. The number of aromatic nitrogens is 8. The minimum absolute atomic E-state index is 0.00271. The number of piperidine rings is 1. The number of benzene rings is 1. The van der Waals surface area contributed by atoms with Gasteiger partial charge >= 0.3 is 12.1 Å². The number of aromatic hydroxyl groups is 1. The molecule has 0 radical (unpaired) electrons. The molecule has 0 spiro atoms. The van der Waals surface area contributed by atoms with Crippen LogP contribution in [0.25, 0.3) is 33.3 Å². The van der Waals surface area contributed by atoms with Crippen molar-refractivity contribution < 1.29 is 106 Å². The number of Topliss-reactive ketones (excluding diaryl/α,β-unsaturated/α-hetero) is 3. The average Bonchev–Trinajstić information content (AvgIpc) is 1.47. The van der Waals surface area contributed by atoms with Crippen molar-refractivity contribution >= 4 is 74.9 Å². The number of aliphatic hydroxyl groups is 3. The zero-order valence-electron chi connectivity index (χ0n) is 71.5. The molecule has 15 atom stereocenters.